The second-order valence-corrected chi connectivity index (χ2v) is 7.71. The Balaban J connectivity index is 1.62. The maximum Gasteiger partial charge on any atom is 0.256 e. The van der Waals surface area contributed by atoms with E-state index in [1.807, 2.05) is 55.5 Å². The standard InChI is InChI=1S/C20H14ClIN4O/c1-12-2-6-15(7-3-12)26-24-18-9-5-14(11-19(18)25-26)23-20(27)16-10-13(21)4-8-17(16)22/h2-11H,1H3,(H,23,27). The fourth-order valence-corrected chi connectivity index (χ4v) is 3.41. The van der Waals surface area contributed by atoms with Crippen LogP contribution in [0.1, 0.15) is 15.9 Å². The van der Waals surface area contributed by atoms with Gasteiger partial charge in [-0.05, 0) is 78.0 Å². The maximum atomic E-state index is 12.6. The van der Waals surface area contributed by atoms with Gasteiger partial charge in [-0.3, -0.25) is 4.79 Å². The third-order valence-corrected chi connectivity index (χ3v) is 5.25. The number of aromatic nitrogens is 3. The van der Waals surface area contributed by atoms with Crippen molar-refractivity contribution in [3.63, 3.8) is 0 Å². The van der Waals surface area contributed by atoms with Crippen LogP contribution in [-0.4, -0.2) is 20.9 Å². The molecule has 1 N–H and O–H groups in total. The summed E-state index contributed by atoms with van der Waals surface area (Å²) in [5.74, 6) is -0.216. The highest BCUT2D eigenvalue weighted by molar-refractivity contribution is 14.1. The van der Waals surface area contributed by atoms with E-state index in [0.717, 1.165) is 14.8 Å². The number of nitrogens with zero attached hydrogens (tertiary/aromatic N) is 3. The van der Waals surface area contributed by atoms with Crippen LogP contribution in [0.4, 0.5) is 5.69 Å². The Morgan fingerprint density at radius 3 is 2.52 bits per heavy atom. The van der Waals surface area contributed by atoms with Crippen LogP contribution >= 0.6 is 34.2 Å². The topological polar surface area (TPSA) is 59.8 Å². The summed E-state index contributed by atoms with van der Waals surface area (Å²) in [6, 6.07) is 18.7. The van der Waals surface area contributed by atoms with Gasteiger partial charge in [-0.2, -0.15) is 4.80 Å². The van der Waals surface area contributed by atoms with Crippen molar-refractivity contribution in [1.29, 1.82) is 0 Å². The van der Waals surface area contributed by atoms with Gasteiger partial charge in [0.2, 0.25) is 0 Å². The molecule has 0 atom stereocenters. The summed E-state index contributed by atoms with van der Waals surface area (Å²) in [5, 5.41) is 12.4. The molecular formula is C20H14ClIN4O. The summed E-state index contributed by atoms with van der Waals surface area (Å²) < 4.78 is 0.834. The molecule has 0 fully saturated rings. The summed E-state index contributed by atoms with van der Waals surface area (Å²) in [6.45, 7) is 2.03. The van der Waals surface area contributed by atoms with Gasteiger partial charge in [0.05, 0.1) is 11.3 Å². The molecule has 7 heteroatoms. The first kappa shape index (κ1) is 17.9. The predicted octanol–water partition coefficient (Wildman–Crippen LogP) is 5.24. The van der Waals surface area contributed by atoms with Crippen LogP contribution in [0.5, 0.6) is 0 Å². The van der Waals surface area contributed by atoms with E-state index in [1.165, 1.54) is 5.56 Å². The van der Waals surface area contributed by atoms with Gasteiger partial charge in [0, 0.05) is 14.3 Å². The van der Waals surface area contributed by atoms with Crippen molar-refractivity contribution >= 4 is 56.8 Å². The average Bonchev–Trinajstić information content (AvgIpc) is 3.07. The van der Waals surface area contributed by atoms with Crippen molar-refractivity contribution in [1.82, 2.24) is 15.0 Å². The molecule has 0 aliphatic carbocycles. The molecule has 4 rings (SSSR count). The van der Waals surface area contributed by atoms with E-state index in [2.05, 4.69) is 38.1 Å². The lowest BCUT2D eigenvalue weighted by atomic mass is 10.2. The van der Waals surface area contributed by atoms with E-state index >= 15 is 0 Å². The lowest BCUT2D eigenvalue weighted by Crippen LogP contribution is -2.13. The molecule has 0 spiro atoms. The Kier molecular flexibility index (Phi) is 4.84. The lowest BCUT2D eigenvalue weighted by Gasteiger charge is -2.07. The molecular weight excluding hydrogens is 475 g/mol. The molecule has 0 aliphatic heterocycles. The van der Waals surface area contributed by atoms with Gasteiger partial charge in [0.15, 0.2) is 0 Å². The zero-order valence-electron chi connectivity index (χ0n) is 14.3. The van der Waals surface area contributed by atoms with Gasteiger partial charge < -0.3 is 5.32 Å². The van der Waals surface area contributed by atoms with Crippen LogP contribution in [0.2, 0.25) is 5.02 Å². The van der Waals surface area contributed by atoms with Crippen LogP contribution in [-0.2, 0) is 0 Å². The van der Waals surface area contributed by atoms with Crippen LogP contribution in [0.3, 0.4) is 0 Å². The van der Waals surface area contributed by atoms with E-state index in [1.54, 1.807) is 16.9 Å². The third-order valence-electron chi connectivity index (χ3n) is 4.08. The number of carbonyl (C=O) groups excluding carboxylic acids is 1. The number of anilines is 1. The fourth-order valence-electron chi connectivity index (χ4n) is 2.66. The molecule has 4 aromatic rings. The third kappa shape index (κ3) is 3.81. The maximum absolute atomic E-state index is 12.6. The van der Waals surface area contributed by atoms with E-state index in [-0.39, 0.29) is 5.91 Å². The summed E-state index contributed by atoms with van der Waals surface area (Å²) in [4.78, 5) is 14.2. The first-order valence-corrected chi connectivity index (χ1v) is 9.66. The Morgan fingerprint density at radius 1 is 1.00 bits per heavy atom. The average molecular weight is 489 g/mol. The normalized spacial score (nSPS) is 10.9. The minimum Gasteiger partial charge on any atom is -0.322 e. The number of hydrogen-bond acceptors (Lipinski definition) is 3. The monoisotopic (exact) mass is 488 g/mol. The molecule has 0 saturated carbocycles. The summed E-state index contributed by atoms with van der Waals surface area (Å²) >= 11 is 8.12. The van der Waals surface area contributed by atoms with E-state index < -0.39 is 0 Å². The van der Waals surface area contributed by atoms with Gasteiger partial charge in [0.1, 0.15) is 11.0 Å². The highest BCUT2D eigenvalue weighted by Gasteiger charge is 2.12. The predicted molar refractivity (Wildman–Crippen MR) is 116 cm³/mol. The molecule has 27 heavy (non-hydrogen) atoms. The molecule has 0 bridgehead atoms. The molecule has 5 nitrogen and oxygen atoms in total. The lowest BCUT2D eigenvalue weighted by molar-refractivity contribution is 0.102. The molecule has 0 aliphatic rings. The largest absolute Gasteiger partial charge is 0.322 e. The number of amides is 1. The zero-order chi connectivity index (χ0) is 19.0. The van der Waals surface area contributed by atoms with Crippen molar-refractivity contribution in [2.24, 2.45) is 0 Å². The van der Waals surface area contributed by atoms with E-state index in [9.17, 15) is 4.79 Å². The summed E-state index contributed by atoms with van der Waals surface area (Å²) in [5.41, 5.74) is 4.71. The van der Waals surface area contributed by atoms with Crippen molar-refractivity contribution < 1.29 is 4.79 Å². The number of fused-ring (bicyclic) bond motifs is 1. The summed E-state index contributed by atoms with van der Waals surface area (Å²) in [6.07, 6.45) is 0. The van der Waals surface area contributed by atoms with Crippen molar-refractivity contribution in [2.45, 2.75) is 6.92 Å². The quantitative estimate of drug-likeness (QED) is 0.401. The number of halogens is 2. The minimum absolute atomic E-state index is 0.216. The van der Waals surface area contributed by atoms with Gasteiger partial charge in [0.25, 0.3) is 5.91 Å². The molecule has 0 unspecified atom stereocenters. The second-order valence-electron chi connectivity index (χ2n) is 6.11. The zero-order valence-corrected chi connectivity index (χ0v) is 17.2. The Labute approximate surface area is 174 Å². The van der Waals surface area contributed by atoms with E-state index in [0.29, 0.717) is 21.8 Å². The smallest absolute Gasteiger partial charge is 0.256 e. The van der Waals surface area contributed by atoms with Gasteiger partial charge in [-0.1, -0.05) is 29.3 Å². The number of benzene rings is 3. The Morgan fingerprint density at radius 2 is 1.74 bits per heavy atom. The van der Waals surface area contributed by atoms with Crippen molar-refractivity contribution in [3.05, 3.63) is 80.4 Å². The molecule has 0 radical (unpaired) electrons. The highest BCUT2D eigenvalue weighted by atomic mass is 127. The van der Waals surface area contributed by atoms with Crippen molar-refractivity contribution in [3.8, 4) is 5.69 Å². The number of aryl methyl sites for hydroxylation is 1. The molecule has 3 aromatic carbocycles. The Bertz CT molecular complexity index is 1150. The van der Waals surface area contributed by atoms with Gasteiger partial charge >= 0.3 is 0 Å². The fraction of sp³-hybridized carbons (Fsp3) is 0.0500. The number of nitrogens with one attached hydrogen (secondary N) is 1. The molecule has 0 saturated heterocycles. The number of hydrogen-bond donors (Lipinski definition) is 1. The number of rotatable bonds is 3. The van der Waals surface area contributed by atoms with Crippen molar-refractivity contribution in [2.75, 3.05) is 5.32 Å². The first-order valence-electron chi connectivity index (χ1n) is 8.20. The minimum atomic E-state index is -0.216. The summed E-state index contributed by atoms with van der Waals surface area (Å²) in [7, 11) is 0. The molecule has 1 amide bonds. The van der Waals surface area contributed by atoms with Crippen LogP contribution < -0.4 is 5.32 Å². The molecule has 1 heterocycles. The van der Waals surface area contributed by atoms with Gasteiger partial charge in [-0.15, -0.1) is 10.2 Å². The molecule has 134 valence electrons. The van der Waals surface area contributed by atoms with Gasteiger partial charge in [-0.25, -0.2) is 0 Å². The van der Waals surface area contributed by atoms with Crippen LogP contribution in [0.15, 0.2) is 60.7 Å². The number of carbonyl (C=O) groups is 1. The highest BCUT2D eigenvalue weighted by Crippen LogP contribution is 2.21. The first-order chi connectivity index (χ1) is 13.0. The molecule has 1 aromatic heterocycles. The second kappa shape index (κ2) is 7.28. The van der Waals surface area contributed by atoms with Crippen LogP contribution in [0, 0.1) is 10.5 Å². The van der Waals surface area contributed by atoms with E-state index in [4.69, 9.17) is 11.6 Å². The Hall–Kier alpha value is -2.45. The SMILES string of the molecule is Cc1ccc(-n2nc3ccc(NC(=O)c4cc(Cl)ccc4I)cc3n2)cc1. The van der Waals surface area contributed by atoms with Crippen LogP contribution in [0.25, 0.3) is 16.7 Å².